The maximum atomic E-state index is 5.92. The van der Waals surface area contributed by atoms with E-state index in [-0.39, 0.29) is 0 Å². The van der Waals surface area contributed by atoms with Crippen molar-refractivity contribution in [2.75, 3.05) is 33.2 Å². The van der Waals surface area contributed by atoms with Crippen LogP contribution in [0.4, 0.5) is 0 Å². The van der Waals surface area contributed by atoms with Gasteiger partial charge in [0.15, 0.2) is 0 Å². The number of hydrogen-bond donors (Lipinski definition) is 1. The molecule has 1 heterocycles. The molecule has 1 aliphatic heterocycles. The smallest absolute Gasteiger partial charge is 0.0349 e. The van der Waals surface area contributed by atoms with Crippen LogP contribution in [0.15, 0.2) is 30.3 Å². The average molecular weight is 247 g/mol. The summed E-state index contributed by atoms with van der Waals surface area (Å²) < 4.78 is 0. The third kappa shape index (κ3) is 3.31. The number of rotatable bonds is 4. The lowest BCUT2D eigenvalue weighted by Gasteiger charge is -2.44. The molecule has 0 aromatic heterocycles. The molecule has 0 saturated carbocycles. The number of nitrogens with two attached hydrogens (primary N) is 1. The molecule has 0 radical (unpaired) electrons. The highest BCUT2D eigenvalue weighted by Gasteiger charge is 2.28. The zero-order valence-electron chi connectivity index (χ0n) is 11.5. The minimum Gasteiger partial charge on any atom is -0.329 e. The summed E-state index contributed by atoms with van der Waals surface area (Å²) in [5.41, 5.74) is 7.33. The predicted molar refractivity (Wildman–Crippen MR) is 76.7 cm³/mol. The van der Waals surface area contributed by atoms with E-state index in [4.69, 9.17) is 5.73 Å². The van der Waals surface area contributed by atoms with Crippen LogP contribution in [0.1, 0.15) is 12.5 Å². The fraction of sp³-hybridized carbons (Fsp3) is 0.600. The topological polar surface area (TPSA) is 32.5 Å². The molecule has 2 atom stereocenters. The van der Waals surface area contributed by atoms with Gasteiger partial charge in [-0.2, -0.15) is 0 Å². The monoisotopic (exact) mass is 247 g/mol. The summed E-state index contributed by atoms with van der Waals surface area (Å²) in [6.07, 6.45) is 1.12. The van der Waals surface area contributed by atoms with Gasteiger partial charge in [0.2, 0.25) is 0 Å². The first-order chi connectivity index (χ1) is 8.70. The summed E-state index contributed by atoms with van der Waals surface area (Å²) in [6, 6.07) is 11.8. The molecular weight excluding hydrogens is 222 g/mol. The van der Waals surface area contributed by atoms with Crippen molar-refractivity contribution in [2.45, 2.75) is 25.4 Å². The van der Waals surface area contributed by atoms with Gasteiger partial charge in [-0.25, -0.2) is 0 Å². The van der Waals surface area contributed by atoms with Gasteiger partial charge in [-0.15, -0.1) is 0 Å². The molecular formula is C15H25N3. The maximum Gasteiger partial charge on any atom is 0.0349 e. The van der Waals surface area contributed by atoms with Gasteiger partial charge in [-0.05, 0) is 26.0 Å². The zero-order chi connectivity index (χ0) is 13.0. The molecule has 1 aromatic rings. The predicted octanol–water partition coefficient (Wildman–Crippen LogP) is 1.19. The van der Waals surface area contributed by atoms with E-state index in [0.29, 0.717) is 12.1 Å². The molecule has 3 heteroatoms. The van der Waals surface area contributed by atoms with Gasteiger partial charge in [0.05, 0.1) is 0 Å². The van der Waals surface area contributed by atoms with Crippen LogP contribution in [0.5, 0.6) is 0 Å². The minimum absolute atomic E-state index is 0.502. The molecule has 2 N–H and O–H groups in total. The molecule has 100 valence electrons. The van der Waals surface area contributed by atoms with Gasteiger partial charge in [0.25, 0.3) is 0 Å². The lowest BCUT2D eigenvalue weighted by molar-refractivity contribution is 0.0486. The van der Waals surface area contributed by atoms with Crippen molar-refractivity contribution in [1.82, 2.24) is 9.80 Å². The van der Waals surface area contributed by atoms with E-state index in [9.17, 15) is 0 Å². The van der Waals surface area contributed by atoms with Crippen molar-refractivity contribution in [3.05, 3.63) is 35.9 Å². The number of hydrogen-bond acceptors (Lipinski definition) is 3. The number of benzene rings is 1. The second-order valence-corrected chi connectivity index (χ2v) is 5.43. The van der Waals surface area contributed by atoms with Crippen molar-refractivity contribution in [1.29, 1.82) is 0 Å². The minimum atomic E-state index is 0.502. The number of nitrogens with zero attached hydrogens (tertiary/aromatic N) is 2. The molecule has 0 aliphatic carbocycles. The van der Waals surface area contributed by atoms with Gasteiger partial charge in [-0.3, -0.25) is 4.90 Å². The molecule has 1 aliphatic rings. The molecule has 0 bridgehead atoms. The molecule has 0 amide bonds. The summed E-state index contributed by atoms with van der Waals surface area (Å²) in [5, 5.41) is 0. The highest BCUT2D eigenvalue weighted by atomic mass is 15.3. The maximum absolute atomic E-state index is 5.92. The van der Waals surface area contributed by atoms with Crippen molar-refractivity contribution >= 4 is 0 Å². The average Bonchev–Trinajstić information content (AvgIpc) is 2.38. The van der Waals surface area contributed by atoms with Crippen LogP contribution < -0.4 is 5.73 Å². The molecule has 2 unspecified atom stereocenters. The van der Waals surface area contributed by atoms with E-state index in [1.54, 1.807) is 0 Å². The Morgan fingerprint density at radius 1 is 1.22 bits per heavy atom. The first kappa shape index (κ1) is 13.5. The van der Waals surface area contributed by atoms with Gasteiger partial charge in [0.1, 0.15) is 0 Å². The van der Waals surface area contributed by atoms with Crippen LogP contribution in [-0.2, 0) is 6.42 Å². The lowest BCUT2D eigenvalue weighted by Crippen LogP contribution is -2.59. The van der Waals surface area contributed by atoms with E-state index in [1.165, 1.54) is 5.56 Å². The van der Waals surface area contributed by atoms with Crippen LogP contribution in [-0.4, -0.2) is 55.1 Å². The van der Waals surface area contributed by atoms with E-state index < -0.39 is 0 Å². The van der Waals surface area contributed by atoms with E-state index in [0.717, 1.165) is 32.6 Å². The molecule has 1 fully saturated rings. The summed E-state index contributed by atoms with van der Waals surface area (Å²) in [4.78, 5) is 4.97. The largest absolute Gasteiger partial charge is 0.329 e. The summed E-state index contributed by atoms with van der Waals surface area (Å²) in [6.45, 7) is 6.41. The zero-order valence-corrected chi connectivity index (χ0v) is 11.5. The van der Waals surface area contributed by atoms with E-state index in [1.807, 2.05) is 0 Å². The second-order valence-electron chi connectivity index (χ2n) is 5.43. The molecule has 1 saturated heterocycles. The SMILES string of the molecule is CC1CN(C)CC(CN)N1CCc1ccccc1. The van der Waals surface area contributed by atoms with E-state index >= 15 is 0 Å². The highest BCUT2D eigenvalue weighted by Crippen LogP contribution is 2.15. The van der Waals surface area contributed by atoms with Crippen LogP contribution in [0.25, 0.3) is 0 Å². The van der Waals surface area contributed by atoms with Crippen LogP contribution in [0.3, 0.4) is 0 Å². The fourth-order valence-corrected chi connectivity index (χ4v) is 2.97. The van der Waals surface area contributed by atoms with Crippen molar-refractivity contribution in [3.63, 3.8) is 0 Å². The Morgan fingerprint density at radius 3 is 2.61 bits per heavy atom. The first-order valence-electron chi connectivity index (χ1n) is 6.89. The first-order valence-corrected chi connectivity index (χ1v) is 6.89. The van der Waals surface area contributed by atoms with Crippen LogP contribution in [0.2, 0.25) is 0 Å². The Labute approximate surface area is 111 Å². The van der Waals surface area contributed by atoms with E-state index in [2.05, 4.69) is 54.1 Å². The number of piperazine rings is 1. The molecule has 0 spiro atoms. The third-order valence-electron chi connectivity index (χ3n) is 3.91. The lowest BCUT2D eigenvalue weighted by atomic mass is 10.1. The second kappa shape index (κ2) is 6.32. The fourth-order valence-electron chi connectivity index (χ4n) is 2.97. The quantitative estimate of drug-likeness (QED) is 0.867. The summed E-state index contributed by atoms with van der Waals surface area (Å²) in [7, 11) is 2.19. The molecule has 3 nitrogen and oxygen atoms in total. The normalized spacial score (nSPS) is 26.4. The summed E-state index contributed by atoms with van der Waals surface area (Å²) >= 11 is 0. The van der Waals surface area contributed by atoms with Crippen LogP contribution in [0, 0.1) is 0 Å². The Hall–Kier alpha value is -0.900. The van der Waals surface area contributed by atoms with Crippen molar-refractivity contribution in [2.24, 2.45) is 5.73 Å². The molecule has 18 heavy (non-hydrogen) atoms. The van der Waals surface area contributed by atoms with Crippen LogP contribution >= 0.6 is 0 Å². The van der Waals surface area contributed by atoms with Gasteiger partial charge in [-0.1, -0.05) is 30.3 Å². The highest BCUT2D eigenvalue weighted by molar-refractivity contribution is 5.15. The third-order valence-corrected chi connectivity index (χ3v) is 3.91. The molecule has 1 aromatic carbocycles. The van der Waals surface area contributed by atoms with Gasteiger partial charge < -0.3 is 10.6 Å². The Morgan fingerprint density at radius 2 is 1.94 bits per heavy atom. The Balaban J connectivity index is 1.94. The van der Waals surface area contributed by atoms with Gasteiger partial charge >= 0.3 is 0 Å². The van der Waals surface area contributed by atoms with Gasteiger partial charge in [0, 0.05) is 38.3 Å². The Bertz CT molecular complexity index is 352. The standard InChI is InChI=1S/C15H25N3/c1-13-11-17(2)12-15(10-16)18(13)9-8-14-6-4-3-5-7-14/h3-7,13,15H,8-12,16H2,1-2H3. The Kier molecular flexibility index (Phi) is 4.75. The molecule has 2 rings (SSSR count). The van der Waals surface area contributed by atoms with Crippen molar-refractivity contribution in [3.8, 4) is 0 Å². The number of likely N-dealkylation sites (N-methyl/N-ethyl adjacent to an activating group) is 1. The summed E-state index contributed by atoms with van der Waals surface area (Å²) in [5.74, 6) is 0. The van der Waals surface area contributed by atoms with Crippen molar-refractivity contribution < 1.29 is 0 Å².